The average Bonchev–Trinajstić information content (AvgIpc) is 2.42. The summed E-state index contributed by atoms with van der Waals surface area (Å²) in [4.78, 5) is 9.02. The monoisotopic (exact) mass is 257 g/mol. The predicted molar refractivity (Wildman–Crippen MR) is 74.8 cm³/mol. The molecule has 1 heterocycles. The summed E-state index contributed by atoms with van der Waals surface area (Å²) in [6, 6.07) is 7.94. The smallest absolute Gasteiger partial charge is 0.0890 e. The third-order valence-corrected chi connectivity index (χ3v) is 3.95. The Morgan fingerprint density at radius 2 is 2.05 bits per heavy atom. The van der Waals surface area contributed by atoms with E-state index in [1.54, 1.807) is 7.11 Å². The first-order valence-corrected chi connectivity index (χ1v) is 6.78. The highest BCUT2D eigenvalue weighted by atomic mass is 16.5. The van der Waals surface area contributed by atoms with Gasteiger partial charge in [0, 0.05) is 20.2 Å². The van der Waals surface area contributed by atoms with Crippen molar-refractivity contribution in [3.05, 3.63) is 36.2 Å². The second-order valence-corrected chi connectivity index (χ2v) is 5.19. The van der Waals surface area contributed by atoms with Crippen LogP contribution >= 0.6 is 0 Å². The fraction of sp³-hybridized carbons (Fsp3) is 0.467. The minimum atomic E-state index is 0.0598. The number of aromatic nitrogens is 2. The van der Waals surface area contributed by atoms with Gasteiger partial charge in [0.2, 0.25) is 0 Å². The van der Waals surface area contributed by atoms with Crippen LogP contribution in [-0.4, -0.2) is 29.2 Å². The number of benzene rings is 1. The van der Waals surface area contributed by atoms with Crippen molar-refractivity contribution in [2.45, 2.75) is 31.4 Å². The van der Waals surface area contributed by atoms with E-state index in [1.165, 1.54) is 6.42 Å². The fourth-order valence-corrected chi connectivity index (χ4v) is 2.52. The lowest BCUT2D eigenvalue weighted by Gasteiger charge is -2.40. The first-order chi connectivity index (χ1) is 9.31. The van der Waals surface area contributed by atoms with Gasteiger partial charge in [-0.1, -0.05) is 12.1 Å². The normalized spacial score (nSPS) is 17.3. The molecule has 0 saturated heterocycles. The van der Waals surface area contributed by atoms with Crippen molar-refractivity contribution in [1.82, 2.24) is 15.3 Å². The van der Waals surface area contributed by atoms with E-state index in [0.717, 1.165) is 42.7 Å². The van der Waals surface area contributed by atoms with Crippen LogP contribution in [0.25, 0.3) is 11.0 Å². The van der Waals surface area contributed by atoms with Crippen molar-refractivity contribution in [2.75, 3.05) is 13.7 Å². The molecule has 1 aromatic carbocycles. The Kier molecular flexibility index (Phi) is 3.44. The van der Waals surface area contributed by atoms with Crippen molar-refractivity contribution in [1.29, 1.82) is 0 Å². The lowest BCUT2D eigenvalue weighted by Crippen LogP contribution is -2.47. The lowest BCUT2D eigenvalue weighted by atomic mass is 9.80. The molecule has 100 valence electrons. The Bertz CT molecular complexity index is 561. The summed E-state index contributed by atoms with van der Waals surface area (Å²) in [6.07, 6.45) is 5.42. The molecule has 0 spiro atoms. The molecule has 19 heavy (non-hydrogen) atoms. The van der Waals surface area contributed by atoms with Crippen molar-refractivity contribution in [3.8, 4) is 0 Å². The third kappa shape index (κ3) is 2.60. The first-order valence-electron chi connectivity index (χ1n) is 6.78. The molecule has 1 aliphatic carbocycles. The standard InChI is InChI=1S/C15H19N3O/c1-19-15(7-4-8-15)11-16-9-12-10-17-13-5-2-3-6-14(13)18-12/h2-3,5-6,10,16H,4,7-9,11H2,1H3. The van der Waals surface area contributed by atoms with E-state index in [4.69, 9.17) is 4.74 Å². The maximum absolute atomic E-state index is 5.58. The van der Waals surface area contributed by atoms with Gasteiger partial charge >= 0.3 is 0 Å². The lowest BCUT2D eigenvalue weighted by molar-refractivity contribution is -0.0695. The van der Waals surface area contributed by atoms with Crippen LogP contribution in [0.15, 0.2) is 30.5 Å². The van der Waals surface area contributed by atoms with Crippen LogP contribution in [-0.2, 0) is 11.3 Å². The van der Waals surface area contributed by atoms with Crippen LogP contribution in [0.2, 0.25) is 0 Å². The molecule has 0 atom stereocenters. The van der Waals surface area contributed by atoms with Gasteiger partial charge < -0.3 is 10.1 Å². The van der Waals surface area contributed by atoms with Crippen LogP contribution in [0.5, 0.6) is 0 Å². The molecule has 0 bridgehead atoms. The highest BCUT2D eigenvalue weighted by Gasteiger charge is 2.36. The first kappa shape index (κ1) is 12.5. The van der Waals surface area contributed by atoms with Gasteiger partial charge in [0.1, 0.15) is 0 Å². The largest absolute Gasteiger partial charge is 0.377 e. The number of hydrogen-bond acceptors (Lipinski definition) is 4. The number of rotatable bonds is 5. The Morgan fingerprint density at radius 1 is 1.26 bits per heavy atom. The quantitative estimate of drug-likeness (QED) is 0.892. The molecular weight excluding hydrogens is 238 g/mol. The fourth-order valence-electron chi connectivity index (χ4n) is 2.52. The molecule has 4 nitrogen and oxygen atoms in total. The van der Waals surface area contributed by atoms with Crippen LogP contribution in [0.1, 0.15) is 25.0 Å². The number of fused-ring (bicyclic) bond motifs is 1. The number of methoxy groups -OCH3 is 1. The average molecular weight is 257 g/mol. The summed E-state index contributed by atoms with van der Waals surface area (Å²) in [5.74, 6) is 0. The van der Waals surface area contributed by atoms with E-state index in [-0.39, 0.29) is 5.60 Å². The van der Waals surface area contributed by atoms with Gasteiger partial charge in [-0.15, -0.1) is 0 Å². The highest BCUT2D eigenvalue weighted by Crippen LogP contribution is 2.34. The van der Waals surface area contributed by atoms with E-state index in [0.29, 0.717) is 0 Å². The highest BCUT2D eigenvalue weighted by molar-refractivity contribution is 5.73. The molecule has 0 unspecified atom stereocenters. The Morgan fingerprint density at radius 3 is 2.74 bits per heavy atom. The van der Waals surface area contributed by atoms with E-state index in [9.17, 15) is 0 Å². The number of nitrogens with zero attached hydrogens (tertiary/aromatic N) is 2. The molecule has 0 radical (unpaired) electrons. The Balaban J connectivity index is 1.62. The zero-order valence-corrected chi connectivity index (χ0v) is 11.2. The SMILES string of the molecule is COC1(CNCc2cnc3ccccc3n2)CCC1. The van der Waals surface area contributed by atoms with Gasteiger partial charge in [-0.3, -0.25) is 4.98 Å². The zero-order chi connectivity index (χ0) is 13.1. The summed E-state index contributed by atoms with van der Waals surface area (Å²) in [5.41, 5.74) is 2.93. The molecule has 3 rings (SSSR count). The second-order valence-electron chi connectivity index (χ2n) is 5.19. The minimum absolute atomic E-state index is 0.0598. The van der Waals surface area contributed by atoms with E-state index >= 15 is 0 Å². The predicted octanol–water partition coefficient (Wildman–Crippen LogP) is 2.29. The Hall–Kier alpha value is -1.52. The molecule has 1 aliphatic rings. The van der Waals surface area contributed by atoms with Gasteiger partial charge in [0.25, 0.3) is 0 Å². The molecule has 0 aliphatic heterocycles. The molecule has 1 fully saturated rings. The van der Waals surface area contributed by atoms with Gasteiger partial charge in [0.05, 0.1) is 28.5 Å². The van der Waals surface area contributed by atoms with Gasteiger partial charge in [0.15, 0.2) is 0 Å². The third-order valence-electron chi connectivity index (χ3n) is 3.95. The van der Waals surface area contributed by atoms with Crippen LogP contribution < -0.4 is 5.32 Å². The topological polar surface area (TPSA) is 47.0 Å². The van der Waals surface area contributed by atoms with E-state index in [2.05, 4.69) is 15.3 Å². The molecule has 1 aromatic heterocycles. The van der Waals surface area contributed by atoms with Gasteiger partial charge in [-0.2, -0.15) is 0 Å². The van der Waals surface area contributed by atoms with Crippen LogP contribution in [0.3, 0.4) is 0 Å². The van der Waals surface area contributed by atoms with E-state index in [1.807, 2.05) is 30.5 Å². The number of nitrogens with one attached hydrogen (secondary N) is 1. The second kappa shape index (κ2) is 5.23. The number of ether oxygens (including phenoxy) is 1. The van der Waals surface area contributed by atoms with Crippen molar-refractivity contribution in [3.63, 3.8) is 0 Å². The molecule has 1 saturated carbocycles. The summed E-state index contributed by atoms with van der Waals surface area (Å²) >= 11 is 0. The van der Waals surface area contributed by atoms with Crippen molar-refractivity contribution < 1.29 is 4.74 Å². The van der Waals surface area contributed by atoms with Crippen LogP contribution in [0.4, 0.5) is 0 Å². The Labute approximate surface area is 113 Å². The van der Waals surface area contributed by atoms with Crippen molar-refractivity contribution >= 4 is 11.0 Å². The molecule has 2 aromatic rings. The summed E-state index contributed by atoms with van der Waals surface area (Å²) in [6.45, 7) is 1.63. The number of para-hydroxylation sites is 2. The van der Waals surface area contributed by atoms with Crippen LogP contribution in [0, 0.1) is 0 Å². The van der Waals surface area contributed by atoms with Gasteiger partial charge in [-0.05, 0) is 31.4 Å². The summed E-state index contributed by atoms with van der Waals surface area (Å²) in [7, 11) is 1.80. The molecule has 1 N–H and O–H groups in total. The van der Waals surface area contributed by atoms with Gasteiger partial charge in [-0.25, -0.2) is 4.98 Å². The molecular formula is C15H19N3O. The maximum Gasteiger partial charge on any atom is 0.0890 e. The maximum atomic E-state index is 5.58. The minimum Gasteiger partial charge on any atom is -0.377 e. The molecule has 4 heteroatoms. The van der Waals surface area contributed by atoms with Crippen molar-refractivity contribution in [2.24, 2.45) is 0 Å². The number of hydrogen-bond donors (Lipinski definition) is 1. The molecule has 0 amide bonds. The zero-order valence-electron chi connectivity index (χ0n) is 11.2. The summed E-state index contributed by atoms with van der Waals surface area (Å²) in [5, 5.41) is 3.43. The summed E-state index contributed by atoms with van der Waals surface area (Å²) < 4.78 is 5.58. The van der Waals surface area contributed by atoms with E-state index < -0.39 is 0 Å².